The van der Waals surface area contributed by atoms with Crippen LogP contribution in [0.4, 0.5) is 11.4 Å². The van der Waals surface area contributed by atoms with Gasteiger partial charge in [-0.3, -0.25) is 10.9 Å². The van der Waals surface area contributed by atoms with Gasteiger partial charge in [0, 0.05) is 22.8 Å². The first-order valence-corrected chi connectivity index (χ1v) is 12.6. The van der Waals surface area contributed by atoms with Gasteiger partial charge in [-0.1, -0.05) is 50.2 Å². The summed E-state index contributed by atoms with van der Waals surface area (Å²) in [5.41, 5.74) is 12.3. The van der Waals surface area contributed by atoms with Crippen LogP contribution in [-0.2, 0) is 5.41 Å². The number of fused-ring (bicyclic) bond motifs is 8. The molecular formula is C27H33N7. The van der Waals surface area contributed by atoms with Crippen LogP contribution in [0.15, 0.2) is 58.7 Å². The molecule has 0 bridgehead atoms. The number of piperazine rings is 1. The molecule has 0 amide bonds. The van der Waals surface area contributed by atoms with Crippen molar-refractivity contribution in [2.24, 2.45) is 10.2 Å². The van der Waals surface area contributed by atoms with E-state index in [0.717, 1.165) is 30.9 Å². The molecule has 7 rings (SSSR count). The van der Waals surface area contributed by atoms with E-state index in [1.165, 1.54) is 22.5 Å². The van der Waals surface area contributed by atoms with Crippen molar-refractivity contribution < 1.29 is 0 Å². The van der Waals surface area contributed by atoms with E-state index >= 15 is 0 Å². The molecule has 5 atom stereocenters. The first kappa shape index (κ1) is 20.2. The monoisotopic (exact) mass is 455 g/mol. The highest BCUT2D eigenvalue weighted by molar-refractivity contribution is 5.85. The molecule has 4 aliphatic heterocycles. The minimum absolute atomic E-state index is 0.0129. The quantitative estimate of drug-likeness (QED) is 0.683. The third kappa shape index (κ3) is 2.53. The Morgan fingerprint density at radius 2 is 1.29 bits per heavy atom. The smallest absolute Gasteiger partial charge is 0.157 e. The van der Waals surface area contributed by atoms with E-state index in [1.54, 1.807) is 0 Å². The van der Waals surface area contributed by atoms with Crippen LogP contribution < -0.4 is 15.8 Å². The predicted octanol–water partition coefficient (Wildman–Crippen LogP) is 3.90. The highest BCUT2D eigenvalue weighted by Crippen LogP contribution is 2.51. The summed E-state index contributed by atoms with van der Waals surface area (Å²) in [5, 5.41) is 9.25. The molecule has 176 valence electrons. The molecule has 5 unspecified atom stereocenters. The number of hydrogen-bond donors (Lipinski definition) is 2. The maximum Gasteiger partial charge on any atom is 0.157 e. The molecule has 7 heteroatoms. The van der Waals surface area contributed by atoms with Crippen LogP contribution in [-0.4, -0.2) is 51.9 Å². The van der Waals surface area contributed by atoms with Crippen molar-refractivity contribution >= 4 is 23.0 Å². The van der Waals surface area contributed by atoms with Gasteiger partial charge in [0.25, 0.3) is 0 Å². The molecule has 4 heterocycles. The van der Waals surface area contributed by atoms with Gasteiger partial charge in [0.05, 0.1) is 12.1 Å². The third-order valence-electron chi connectivity index (χ3n) is 8.87. The number of benzene rings is 2. The maximum absolute atomic E-state index is 4.65. The van der Waals surface area contributed by atoms with E-state index in [4.69, 9.17) is 0 Å². The van der Waals surface area contributed by atoms with Gasteiger partial charge in [0.15, 0.2) is 12.3 Å². The fourth-order valence-corrected chi connectivity index (χ4v) is 7.36. The van der Waals surface area contributed by atoms with Crippen molar-refractivity contribution in [3.63, 3.8) is 0 Å². The number of nitrogens with zero attached hydrogens (tertiary/aromatic N) is 5. The SMILES string of the molecule is CC1=NNC2C3NN=C(C)N3C3CC(N4c5ccccc5C(C)(C)c5ccccc54)CCC3N12. The van der Waals surface area contributed by atoms with Gasteiger partial charge in [-0.2, -0.15) is 10.2 Å². The van der Waals surface area contributed by atoms with Gasteiger partial charge in [-0.05, 0) is 56.4 Å². The van der Waals surface area contributed by atoms with E-state index in [2.05, 4.69) is 112 Å². The Bertz CT molecular complexity index is 1170. The lowest BCUT2D eigenvalue weighted by molar-refractivity contribution is -0.0136. The molecular weight excluding hydrogens is 422 g/mol. The summed E-state index contributed by atoms with van der Waals surface area (Å²) in [4.78, 5) is 7.71. The van der Waals surface area contributed by atoms with Crippen LogP contribution in [0.25, 0.3) is 0 Å². The standard InChI is InChI=1S/C27H33N7/c1-16-28-30-25-26-31-29-17(2)33(26)24-15-18(13-14-23(24)32(16)25)34-21-11-7-5-9-19(21)27(3,4)20-10-6-8-12-22(20)34/h5-12,18,23-26,30-31H,13-15H2,1-4H3. The first-order valence-electron chi connectivity index (χ1n) is 12.6. The van der Waals surface area contributed by atoms with Gasteiger partial charge in [-0.25, -0.2) is 0 Å². The summed E-state index contributed by atoms with van der Waals surface area (Å²) in [7, 11) is 0. The summed E-state index contributed by atoms with van der Waals surface area (Å²) >= 11 is 0. The van der Waals surface area contributed by atoms with Crippen LogP contribution in [0, 0.1) is 0 Å². The Hall–Kier alpha value is -3.22. The average molecular weight is 456 g/mol. The van der Waals surface area contributed by atoms with E-state index in [-0.39, 0.29) is 17.7 Å². The first-order chi connectivity index (χ1) is 16.5. The van der Waals surface area contributed by atoms with Crippen molar-refractivity contribution in [1.82, 2.24) is 20.7 Å². The molecule has 0 aromatic heterocycles. The average Bonchev–Trinajstić information content (AvgIpc) is 3.42. The van der Waals surface area contributed by atoms with E-state index in [1.807, 2.05) is 0 Å². The van der Waals surface area contributed by atoms with Crippen LogP contribution in [0.2, 0.25) is 0 Å². The van der Waals surface area contributed by atoms with Gasteiger partial charge in [0.1, 0.15) is 11.7 Å². The van der Waals surface area contributed by atoms with Crippen molar-refractivity contribution in [3.8, 4) is 0 Å². The van der Waals surface area contributed by atoms with Crippen LogP contribution in [0.3, 0.4) is 0 Å². The molecule has 1 aliphatic carbocycles. The second-order valence-corrected chi connectivity index (χ2v) is 10.9. The Morgan fingerprint density at radius 3 is 1.88 bits per heavy atom. The largest absolute Gasteiger partial charge is 0.338 e. The second kappa shape index (κ2) is 6.90. The second-order valence-electron chi connectivity index (χ2n) is 10.9. The highest BCUT2D eigenvalue weighted by Gasteiger charge is 2.55. The summed E-state index contributed by atoms with van der Waals surface area (Å²) in [5.74, 6) is 2.19. The molecule has 2 aromatic rings. The third-order valence-corrected chi connectivity index (χ3v) is 8.87. The fraction of sp³-hybridized carbons (Fsp3) is 0.481. The molecule has 2 N–H and O–H groups in total. The zero-order valence-corrected chi connectivity index (χ0v) is 20.4. The van der Waals surface area contributed by atoms with Gasteiger partial charge >= 0.3 is 0 Å². The molecule has 5 aliphatic rings. The number of anilines is 2. The molecule has 7 nitrogen and oxygen atoms in total. The summed E-state index contributed by atoms with van der Waals surface area (Å²) < 4.78 is 0. The van der Waals surface area contributed by atoms with E-state index < -0.39 is 0 Å². The van der Waals surface area contributed by atoms with Gasteiger partial charge < -0.3 is 14.7 Å². The summed E-state index contributed by atoms with van der Waals surface area (Å²) in [6.07, 6.45) is 3.64. The molecule has 1 saturated heterocycles. The minimum atomic E-state index is -0.0129. The fourth-order valence-electron chi connectivity index (χ4n) is 7.36. The Morgan fingerprint density at radius 1 is 0.765 bits per heavy atom. The van der Waals surface area contributed by atoms with E-state index in [9.17, 15) is 0 Å². The van der Waals surface area contributed by atoms with Gasteiger partial charge in [-0.15, -0.1) is 0 Å². The normalized spacial score (nSPS) is 32.4. The van der Waals surface area contributed by atoms with Crippen molar-refractivity contribution in [1.29, 1.82) is 0 Å². The lowest BCUT2D eigenvalue weighted by atomic mass is 9.72. The maximum atomic E-state index is 4.65. The zero-order valence-electron chi connectivity index (χ0n) is 20.4. The minimum Gasteiger partial charge on any atom is -0.338 e. The number of hydrazone groups is 2. The molecule has 1 saturated carbocycles. The Balaban J connectivity index is 1.31. The van der Waals surface area contributed by atoms with Gasteiger partial charge in [0.2, 0.25) is 0 Å². The van der Waals surface area contributed by atoms with Crippen molar-refractivity contribution in [3.05, 3.63) is 59.7 Å². The van der Waals surface area contributed by atoms with Crippen LogP contribution in [0.1, 0.15) is 58.1 Å². The number of hydrogen-bond acceptors (Lipinski definition) is 7. The summed E-state index contributed by atoms with van der Waals surface area (Å²) in [6, 6.07) is 19.3. The zero-order chi connectivity index (χ0) is 23.2. The molecule has 2 aromatic carbocycles. The topological polar surface area (TPSA) is 58.5 Å². The van der Waals surface area contributed by atoms with E-state index in [0.29, 0.717) is 18.1 Å². The van der Waals surface area contributed by atoms with Crippen LogP contribution >= 0.6 is 0 Å². The number of nitrogens with one attached hydrogen (secondary N) is 2. The lowest BCUT2D eigenvalue weighted by Crippen LogP contribution is -2.73. The lowest BCUT2D eigenvalue weighted by Gasteiger charge is -2.56. The van der Waals surface area contributed by atoms with Crippen molar-refractivity contribution in [2.75, 3.05) is 4.90 Å². The summed E-state index contributed by atoms with van der Waals surface area (Å²) in [6.45, 7) is 9.00. The highest BCUT2D eigenvalue weighted by atomic mass is 15.6. The predicted molar refractivity (Wildman–Crippen MR) is 136 cm³/mol. The molecule has 0 spiro atoms. The molecule has 2 fully saturated rings. The number of amidine groups is 2. The van der Waals surface area contributed by atoms with Crippen molar-refractivity contribution in [2.45, 2.75) is 82.8 Å². The Kier molecular flexibility index (Phi) is 4.10. The van der Waals surface area contributed by atoms with Crippen LogP contribution in [0.5, 0.6) is 0 Å². The molecule has 34 heavy (non-hydrogen) atoms. The number of para-hydroxylation sites is 2. The molecule has 0 radical (unpaired) electrons. The Labute approximate surface area is 201 Å². The number of rotatable bonds is 1.